The predicted molar refractivity (Wildman–Crippen MR) is 133 cm³/mol. The Kier molecular flexibility index (Phi) is 5.67. The molecule has 0 saturated heterocycles. The Balaban J connectivity index is 1.57. The number of hydrogen-bond donors (Lipinski definition) is 3. The van der Waals surface area contributed by atoms with E-state index in [4.69, 9.17) is 11.6 Å². The van der Waals surface area contributed by atoms with Crippen LogP contribution in [0, 0.1) is 5.82 Å². The van der Waals surface area contributed by atoms with E-state index < -0.39 is 11.8 Å². The molecule has 5 rings (SSSR count). The summed E-state index contributed by atoms with van der Waals surface area (Å²) in [6.45, 7) is 0. The second-order valence-corrected chi connectivity index (χ2v) is 8.53. The van der Waals surface area contributed by atoms with Gasteiger partial charge in [-0.1, -0.05) is 29.8 Å². The second-order valence-electron chi connectivity index (χ2n) is 8.13. The zero-order valence-electron chi connectivity index (χ0n) is 18.2. The molecule has 0 atom stereocenters. The zero-order valence-corrected chi connectivity index (χ0v) is 19.0. The molecule has 2 aromatic heterocycles. The van der Waals surface area contributed by atoms with E-state index in [9.17, 15) is 14.0 Å². The number of nitrogens with zero attached hydrogens (tertiary/aromatic N) is 2. The van der Waals surface area contributed by atoms with Gasteiger partial charge < -0.3 is 16.0 Å². The number of amides is 2. The van der Waals surface area contributed by atoms with Crippen LogP contribution >= 0.6 is 11.6 Å². The second kappa shape index (κ2) is 8.79. The standard InChI is InChI=1S/C25H21ClFN5O2/c1-28-22-9-17-15(12-29-22)13-32(24(33)23(17)14-7-8-14)21-11-20(19(27)10-18(21)26)31-25(34)30-16-5-3-2-4-6-16/h2-6,9-14,28H,7-8H2,1H3,(H2,30,31,34). The van der Waals surface area contributed by atoms with Crippen LogP contribution in [0.15, 0.2) is 65.7 Å². The summed E-state index contributed by atoms with van der Waals surface area (Å²) >= 11 is 6.37. The molecule has 9 heteroatoms. The van der Waals surface area contributed by atoms with Gasteiger partial charge >= 0.3 is 6.03 Å². The van der Waals surface area contributed by atoms with Crippen LogP contribution in [0.1, 0.15) is 24.3 Å². The van der Waals surface area contributed by atoms with E-state index in [1.54, 1.807) is 43.7 Å². The van der Waals surface area contributed by atoms with E-state index in [0.717, 1.165) is 29.7 Å². The Morgan fingerprint density at radius 1 is 1.15 bits per heavy atom. The highest BCUT2D eigenvalue weighted by Crippen LogP contribution is 2.42. The van der Waals surface area contributed by atoms with Gasteiger partial charge in [0, 0.05) is 36.1 Å². The van der Waals surface area contributed by atoms with Gasteiger partial charge in [0.2, 0.25) is 0 Å². The molecular weight excluding hydrogens is 457 g/mol. The number of aromatic nitrogens is 2. The summed E-state index contributed by atoms with van der Waals surface area (Å²) in [5.41, 5.74) is 1.19. The van der Waals surface area contributed by atoms with E-state index >= 15 is 0 Å². The smallest absolute Gasteiger partial charge is 0.323 e. The van der Waals surface area contributed by atoms with E-state index in [-0.39, 0.29) is 27.9 Å². The Morgan fingerprint density at radius 2 is 1.91 bits per heavy atom. The number of hydrogen-bond acceptors (Lipinski definition) is 4. The molecule has 0 radical (unpaired) electrons. The Hall–Kier alpha value is -3.91. The number of pyridine rings is 2. The Labute approximate surface area is 199 Å². The first-order chi connectivity index (χ1) is 16.4. The predicted octanol–water partition coefficient (Wildman–Crippen LogP) is 5.74. The number of fused-ring (bicyclic) bond motifs is 1. The minimum Gasteiger partial charge on any atom is -0.373 e. The van der Waals surface area contributed by atoms with E-state index in [1.165, 1.54) is 10.6 Å². The molecule has 2 amide bonds. The number of carbonyl (C=O) groups is 1. The maximum absolute atomic E-state index is 14.7. The summed E-state index contributed by atoms with van der Waals surface area (Å²) in [4.78, 5) is 30.3. The summed E-state index contributed by atoms with van der Waals surface area (Å²) in [5, 5.41) is 9.78. The van der Waals surface area contributed by atoms with Crippen molar-refractivity contribution in [3.63, 3.8) is 0 Å². The molecule has 1 saturated carbocycles. The van der Waals surface area contributed by atoms with Crippen LogP contribution in [0.5, 0.6) is 0 Å². The molecule has 1 aliphatic carbocycles. The molecule has 0 aliphatic heterocycles. The van der Waals surface area contributed by atoms with Crippen molar-refractivity contribution in [2.75, 3.05) is 23.0 Å². The van der Waals surface area contributed by atoms with E-state index in [2.05, 4.69) is 20.9 Å². The number of urea groups is 1. The highest BCUT2D eigenvalue weighted by molar-refractivity contribution is 6.32. The maximum atomic E-state index is 14.7. The van der Waals surface area contributed by atoms with Crippen molar-refractivity contribution < 1.29 is 9.18 Å². The normalized spacial score (nSPS) is 13.0. The van der Waals surface area contributed by atoms with Crippen molar-refractivity contribution in [1.29, 1.82) is 0 Å². The first-order valence-corrected chi connectivity index (χ1v) is 11.2. The van der Waals surface area contributed by atoms with Crippen LogP contribution in [0.25, 0.3) is 16.5 Å². The summed E-state index contributed by atoms with van der Waals surface area (Å²) in [7, 11) is 1.77. The van der Waals surface area contributed by atoms with Crippen molar-refractivity contribution in [2.24, 2.45) is 0 Å². The average molecular weight is 478 g/mol. The quantitative estimate of drug-likeness (QED) is 0.342. The van der Waals surface area contributed by atoms with Gasteiger partial charge in [0.15, 0.2) is 0 Å². The van der Waals surface area contributed by atoms with Crippen LogP contribution in [0.3, 0.4) is 0 Å². The van der Waals surface area contributed by atoms with Crippen LogP contribution in [-0.4, -0.2) is 22.6 Å². The van der Waals surface area contributed by atoms with Gasteiger partial charge in [-0.15, -0.1) is 0 Å². The molecule has 7 nitrogen and oxygen atoms in total. The van der Waals surface area contributed by atoms with Gasteiger partial charge in [0.25, 0.3) is 5.56 Å². The van der Waals surface area contributed by atoms with Crippen LogP contribution in [0.4, 0.5) is 26.4 Å². The third-order valence-electron chi connectivity index (χ3n) is 5.76. The molecule has 1 aliphatic rings. The third-order valence-corrected chi connectivity index (χ3v) is 6.06. The maximum Gasteiger partial charge on any atom is 0.323 e. The van der Waals surface area contributed by atoms with Gasteiger partial charge in [-0.05, 0) is 54.5 Å². The number of benzene rings is 2. The van der Waals surface area contributed by atoms with Crippen LogP contribution in [0.2, 0.25) is 5.02 Å². The van der Waals surface area contributed by atoms with Gasteiger partial charge in [-0.3, -0.25) is 9.36 Å². The molecule has 172 valence electrons. The van der Waals surface area contributed by atoms with Crippen molar-refractivity contribution in [1.82, 2.24) is 9.55 Å². The summed E-state index contributed by atoms with van der Waals surface area (Å²) in [6.07, 6.45) is 5.18. The summed E-state index contributed by atoms with van der Waals surface area (Å²) < 4.78 is 16.1. The molecule has 0 bridgehead atoms. The van der Waals surface area contributed by atoms with Gasteiger partial charge in [-0.2, -0.15) is 0 Å². The molecule has 0 unspecified atom stereocenters. The topological polar surface area (TPSA) is 88.0 Å². The summed E-state index contributed by atoms with van der Waals surface area (Å²) in [5.74, 6) is 0.110. The van der Waals surface area contributed by atoms with Gasteiger partial charge in [-0.25, -0.2) is 14.2 Å². The zero-order chi connectivity index (χ0) is 23.8. The lowest BCUT2D eigenvalue weighted by Crippen LogP contribution is -2.23. The van der Waals surface area contributed by atoms with E-state index in [0.29, 0.717) is 17.1 Å². The van der Waals surface area contributed by atoms with Crippen molar-refractivity contribution in [3.8, 4) is 5.69 Å². The lowest BCUT2D eigenvalue weighted by Gasteiger charge is -2.16. The fourth-order valence-electron chi connectivity index (χ4n) is 3.95. The largest absolute Gasteiger partial charge is 0.373 e. The average Bonchev–Trinajstić information content (AvgIpc) is 3.66. The highest BCUT2D eigenvalue weighted by Gasteiger charge is 2.30. The number of para-hydroxylation sites is 1. The third kappa shape index (κ3) is 4.20. The first-order valence-electron chi connectivity index (χ1n) is 10.8. The monoisotopic (exact) mass is 477 g/mol. The lowest BCUT2D eigenvalue weighted by atomic mass is 10.0. The number of anilines is 3. The number of halogens is 2. The Morgan fingerprint density at radius 3 is 2.62 bits per heavy atom. The van der Waals surface area contributed by atoms with Gasteiger partial charge in [0.1, 0.15) is 11.6 Å². The molecule has 4 aromatic rings. The minimum absolute atomic E-state index is 0.0505. The van der Waals surface area contributed by atoms with Crippen molar-refractivity contribution in [3.05, 3.63) is 87.7 Å². The fraction of sp³-hybridized carbons (Fsp3) is 0.160. The van der Waals surface area contributed by atoms with Crippen molar-refractivity contribution in [2.45, 2.75) is 18.8 Å². The molecule has 1 fully saturated rings. The van der Waals surface area contributed by atoms with Crippen LogP contribution < -0.4 is 21.5 Å². The molecule has 34 heavy (non-hydrogen) atoms. The van der Waals surface area contributed by atoms with Crippen molar-refractivity contribution >= 4 is 45.6 Å². The number of rotatable bonds is 5. The molecule has 2 heterocycles. The van der Waals surface area contributed by atoms with Crippen LogP contribution in [-0.2, 0) is 0 Å². The molecular formula is C25H21ClFN5O2. The molecule has 0 spiro atoms. The highest BCUT2D eigenvalue weighted by atomic mass is 35.5. The fourth-order valence-corrected chi connectivity index (χ4v) is 4.19. The lowest BCUT2D eigenvalue weighted by molar-refractivity contribution is 0.262. The van der Waals surface area contributed by atoms with E-state index in [1.807, 2.05) is 12.1 Å². The first kappa shape index (κ1) is 21.9. The molecule has 3 N–H and O–H groups in total. The SMILES string of the molecule is CNc1cc2c(C3CC3)c(=O)n(-c3cc(NC(=O)Nc4ccccc4)c(F)cc3Cl)cc2cn1. The summed E-state index contributed by atoms with van der Waals surface area (Å²) in [6, 6.07) is 12.5. The Bertz CT molecular complexity index is 1470. The van der Waals surface area contributed by atoms with Gasteiger partial charge in [0.05, 0.1) is 16.4 Å². The number of carbonyl (C=O) groups excluding carboxylic acids is 1. The molecule has 2 aromatic carbocycles. The number of nitrogens with one attached hydrogen (secondary N) is 3. The minimum atomic E-state index is -0.714.